The summed E-state index contributed by atoms with van der Waals surface area (Å²) in [7, 11) is -1.25. The number of methoxy groups -OCH3 is 2. The third-order valence-corrected chi connectivity index (χ3v) is 5.34. The molecule has 9 heteroatoms. The first kappa shape index (κ1) is 18.7. The Hall–Kier alpha value is -1.32. The van der Waals surface area contributed by atoms with E-state index in [-0.39, 0.29) is 15.1 Å². The maximum atomic E-state index is 12.4. The van der Waals surface area contributed by atoms with Crippen molar-refractivity contribution < 1.29 is 27.8 Å². The highest BCUT2D eigenvalue weighted by Crippen LogP contribution is 2.35. The Morgan fingerprint density at radius 3 is 2.14 bits per heavy atom. The second-order valence-electron chi connectivity index (χ2n) is 4.82. The highest BCUT2D eigenvalue weighted by atomic mass is 79.9. The lowest BCUT2D eigenvalue weighted by Crippen LogP contribution is -2.44. The maximum Gasteiger partial charge on any atom is 0.322 e. The number of nitrogens with one attached hydrogen (secondary N) is 1. The molecule has 0 saturated heterocycles. The minimum atomic E-state index is -4.05. The van der Waals surface area contributed by atoms with E-state index in [2.05, 4.69) is 20.7 Å². The first-order chi connectivity index (χ1) is 10.1. The van der Waals surface area contributed by atoms with Gasteiger partial charge in [0.2, 0.25) is 10.0 Å². The Labute approximate surface area is 137 Å². The largest absolute Gasteiger partial charge is 0.493 e. The standard InChI is InChI=1S/C13H18BrNO6S/c1-7(2)12(13(16)17)15-22(18,19)11-6-10(21-4)9(20-3)5-8(11)14/h5-7,12,15H,1-4H3,(H,16,17)/t12-/m1/s1. The fourth-order valence-corrected chi connectivity index (χ4v) is 4.12. The molecule has 0 unspecified atom stereocenters. The van der Waals surface area contributed by atoms with Crippen molar-refractivity contribution in [3.8, 4) is 11.5 Å². The zero-order valence-corrected chi connectivity index (χ0v) is 15.0. The van der Waals surface area contributed by atoms with Gasteiger partial charge in [-0.1, -0.05) is 13.8 Å². The molecule has 0 aromatic heterocycles. The van der Waals surface area contributed by atoms with Gasteiger partial charge in [0.1, 0.15) is 10.9 Å². The summed E-state index contributed by atoms with van der Waals surface area (Å²) in [6.07, 6.45) is 0. The molecule has 1 atom stereocenters. The Morgan fingerprint density at radius 2 is 1.73 bits per heavy atom. The van der Waals surface area contributed by atoms with Crippen LogP contribution in [-0.2, 0) is 14.8 Å². The molecule has 22 heavy (non-hydrogen) atoms. The van der Waals surface area contributed by atoms with Crippen molar-refractivity contribution in [3.63, 3.8) is 0 Å². The lowest BCUT2D eigenvalue weighted by Gasteiger charge is -2.19. The average Bonchev–Trinajstić information content (AvgIpc) is 2.43. The number of carboxylic acids is 1. The van der Waals surface area contributed by atoms with E-state index in [1.54, 1.807) is 13.8 Å². The summed E-state index contributed by atoms with van der Waals surface area (Å²) in [5.74, 6) is -1.07. The highest BCUT2D eigenvalue weighted by molar-refractivity contribution is 9.10. The Kier molecular flexibility index (Phi) is 6.21. The van der Waals surface area contributed by atoms with Crippen LogP contribution >= 0.6 is 15.9 Å². The summed E-state index contributed by atoms with van der Waals surface area (Å²) >= 11 is 3.15. The van der Waals surface area contributed by atoms with Gasteiger partial charge in [-0.05, 0) is 27.9 Å². The molecule has 0 amide bonds. The van der Waals surface area contributed by atoms with Crippen molar-refractivity contribution in [2.45, 2.75) is 24.8 Å². The van der Waals surface area contributed by atoms with Gasteiger partial charge in [-0.15, -0.1) is 0 Å². The summed E-state index contributed by atoms with van der Waals surface area (Å²) in [6, 6.07) is 1.48. The number of rotatable bonds is 7. The number of benzene rings is 1. The van der Waals surface area contributed by atoms with Gasteiger partial charge in [0.15, 0.2) is 11.5 Å². The van der Waals surface area contributed by atoms with Gasteiger partial charge in [-0.2, -0.15) is 4.72 Å². The number of sulfonamides is 1. The molecule has 1 rings (SSSR count). The van der Waals surface area contributed by atoms with Gasteiger partial charge < -0.3 is 14.6 Å². The topological polar surface area (TPSA) is 102 Å². The first-order valence-electron chi connectivity index (χ1n) is 6.30. The monoisotopic (exact) mass is 395 g/mol. The molecular formula is C13H18BrNO6S. The van der Waals surface area contributed by atoms with E-state index < -0.39 is 28.0 Å². The summed E-state index contributed by atoms with van der Waals surface area (Å²) in [6.45, 7) is 3.23. The van der Waals surface area contributed by atoms with Crippen molar-refractivity contribution in [2.75, 3.05) is 14.2 Å². The van der Waals surface area contributed by atoms with Crippen molar-refractivity contribution in [1.29, 1.82) is 0 Å². The fourth-order valence-electron chi connectivity index (χ4n) is 1.74. The summed E-state index contributed by atoms with van der Waals surface area (Å²) in [4.78, 5) is 11.0. The molecule has 0 aliphatic carbocycles. The van der Waals surface area contributed by atoms with E-state index in [9.17, 15) is 13.2 Å². The van der Waals surface area contributed by atoms with Crippen molar-refractivity contribution >= 4 is 31.9 Å². The molecule has 124 valence electrons. The van der Waals surface area contributed by atoms with Crippen LogP contribution in [0.15, 0.2) is 21.5 Å². The van der Waals surface area contributed by atoms with Gasteiger partial charge in [0.05, 0.1) is 14.2 Å². The third-order valence-electron chi connectivity index (χ3n) is 2.94. The molecule has 0 radical (unpaired) electrons. The van der Waals surface area contributed by atoms with Crippen LogP contribution in [0, 0.1) is 5.92 Å². The van der Waals surface area contributed by atoms with E-state index in [0.29, 0.717) is 5.75 Å². The van der Waals surface area contributed by atoms with Crippen LogP contribution in [-0.4, -0.2) is 39.8 Å². The Bertz CT molecular complexity index is 659. The van der Waals surface area contributed by atoms with Crippen LogP contribution in [0.1, 0.15) is 13.8 Å². The number of carbonyl (C=O) groups is 1. The molecule has 7 nitrogen and oxygen atoms in total. The number of halogens is 1. The molecule has 0 spiro atoms. The number of hydrogen-bond donors (Lipinski definition) is 2. The number of carboxylic acid groups (broad SMARTS) is 1. The van der Waals surface area contributed by atoms with Crippen molar-refractivity contribution in [1.82, 2.24) is 4.72 Å². The summed E-state index contributed by atoms with van der Waals surface area (Å²) < 4.78 is 37.5. The highest BCUT2D eigenvalue weighted by Gasteiger charge is 2.30. The van der Waals surface area contributed by atoms with Crippen LogP contribution in [0.25, 0.3) is 0 Å². The number of ether oxygens (including phenoxy) is 2. The minimum Gasteiger partial charge on any atom is -0.493 e. The van der Waals surface area contributed by atoms with Crippen LogP contribution in [0.2, 0.25) is 0 Å². The number of hydrogen-bond acceptors (Lipinski definition) is 5. The average molecular weight is 396 g/mol. The fraction of sp³-hybridized carbons (Fsp3) is 0.462. The van der Waals surface area contributed by atoms with E-state index in [0.717, 1.165) is 0 Å². The molecular weight excluding hydrogens is 378 g/mol. The van der Waals surface area contributed by atoms with Gasteiger partial charge in [0.25, 0.3) is 0 Å². The Balaban J connectivity index is 3.31. The van der Waals surface area contributed by atoms with Gasteiger partial charge in [-0.25, -0.2) is 8.42 Å². The van der Waals surface area contributed by atoms with Gasteiger partial charge in [0, 0.05) is 10.5 Å². The quantitative estimate of drug-likeness (QED) is 0.730. The molecule has 0 aliphatic rings. The lowest BCUT2D eigenvalue weighted by atomic mass is 10.1. The first-order valence-corrected chi connectivity index (χ1v) is 8.58. The second kappa shape index (κ2) is 7.30. The Morgan fingerprint density at radius 1 is 1.23 bits per heavy atom. The zero-order valence-electron chi connectivity index (χ0n) is 12.6. The molecule has 0 aliphatic heterocycles. The molecule has 2 N–H and O–H groups in total. The second-order valence-corrected chi connectivity index (χ2v) is 7.36. The van der Waals surface area contributed by atoms with Crippen molar-refractivity contribution in [3.05, 3.63) is 16.6 Å². The van der Waals surface area contributed by atoms with Crippen LogP contribution in [0.5, 0.6) is 11.5 Å². The van der Waals surface area contributed by atoms with Crippen LogP contribution in [0.3, 0.4) is 0 Å². The van der Waals surface area contributed by atoms with E-state index >= 15 is 0 Å². The normalized spacial score (nSPS) is 13.0. The van der Waals surface area contributed by atoms with Crippen molar-refractivity contribution in [2.24, 2.45) is 5.92 Å². The molecule has 1 aromatic rings. The predicted molar refractivity (Wildman–Crippen MR) is 83.8 cm³/mol. The zero-order chi connectivity index (χ0) is 17.1. The molecule has 0 bridgehead atoms. The van der Waals surface area contributed by atoms with E-state index in [4.69, 9.17) is 14.6 Å². The molecule has 0 fully saturated rings. The van der Waals surface area contributed by atoms with E-state index in [1.807, 2.05) is 0 Å². The lowest BCUT2D eigenvalue weighted by molar-refractivity contribution is -0.140. The maximum absolute atomic E-state index is 12.4. The summed E-state index contributed by atoms with van der Waals surface area (Å²) in [5.41, 5.74) is 0. The van der Waals surface area contributed by atoms with Crippen LogP contribution < -0.4 is 14.2 Å². The third kappa shape index (κ3) is 4.11. The summed E-state index contributed by atoms with van der Waals surface area (Å²) in [5, 5.41) is 9.12. The predicted octanol–water partition coefficient (Wildman–Crippen LogP) is 1.85. The molecule has 0 heterocycles. The SMILES string of the molecule is COc1cc(Br)c(S(=O)(=O)N[C@@H](C(=O)O)C(C)C)cc1OC. The molecule has 1 aromatic carbocycles. The molecule has 0 saturated carbocycles. The smallest absolute Gasteiger partial charge is 0.322 e. The minimum absolute atomic E-state index is 0.128. The van der Waals surface area contributed by atoms with Gasteiger partial charge in [-0.3, -0.25) is 4.79 Å². The number of aliphatic carboxylic acids is 1. The van der Waals surface area contributed by atoms with E-state index in [1.165, 1.54) is 26.4 Å². The van der Waals surface area contributed by atoms with Gasteiger partial charge >= 0.3 is 5.97 Å². The van der Waals surface area contributed by atoms with Crippen LogP contribution in [0.4, 0.5) is 0 Å².